The summed E-state index contributed by atoms with van der Waals surface area (Å²) in [5.74, 6) is -0.745. The number of nitrogens with one attached hydrogen (secondary N) is 2. The van der Waals surface area contributed by atoms with E-state index < -0.39 is 32.0 Å². The van der Waals surface area contributed by atoms with Crippen molar-refractivity contribution in [2.45, 2.75) is 24.8 Å². The molecule has 0 saturated heterocycles. The third kappa shape index (κ3) is 6.60. The van der Waals surface area contributed by atoms with Crippen molar-refractivity contribution in [3.05, 3.63) is 70.5 Å². The summed E-state index contributed by atoms with van der Waals surface area (Å²) in [6.45, 7) is 3.08. The van der Waals surface area contributed by atoms with E-state index in [9.17, 15) is 21.6 Å². The molecule has 2 N–H and O–H groups in total. The van der Waals surface area contributed by atoms with Crippen LogP contribution in [0.4, 0.5) is 17.3 Å². The molecule has 186 valence electrons. The van der Waals surface area contributed by atoms with E-state index in [0.717, 1.165) is 10.6 Å². The Bertz CT molecular complexity index is 1470. The maximum absolute atomic E-state index is 12.9. The van der Waals surface area contributed by atoms with Gasteiger partial charge in [0.2, 0.25) is 21.9 Å². The molecule has 0 bridgehead atoms. The number of aryl methyl sites for hydroxylation is 1. The van der Waals surface area contributed by atoms with Crippen molar-refractivity contribution in [1.29, 1.82) is 0 Å². The summed E-state index contributed by atoms with van der Waals surface area (Å²) >= 11 is 12.2. The number of hydrogen-bond acceptors (Lipinski definition) is 7. The normalized spacial score (nSPS) is 12.6. The quantitative estimate of drug-likeness (QED) is 0.430. The molecule has 0 fully saturated rings. The molecule has 3 aromatic rings. The van der Waals surface area contributed by atoms with E-state index in [1.54, 1.807) is 13.0 Å². The molecule has 10 nitrogen and oxygen atoms in total. The average molecular weight is 558 g/mol. The van der Waals surface area contributed by atoms with Crippen molar-refractivity contribution in [3.63, 3.8) is 0 Å². The fraction of sp³-hybridized carbons (Fsp3) is 0.190. The van der Waals surface area contributed by atoms with E-state index in [-0.39, 0.29) is 32.3 Å². The molecular formula is C21H21Cl2N5O5S2. The Morgan fingerprint density at radius 2 is 1.69 bits per heavy atom. The number of hydrogen-bond donors (Lipinski definition) is 2. The molecule has 2 aromatic carbocycles. The van der Waals surface area contributed by atoms with Crippen molar-refractivity contribution >= 4 is 66.5 Å². The predicted molar refractivity (Wildman–Crippen MR) is 136 cm³/mol. The minimum atomic E-state index is -3.97. The van der Waals surface area contributed by atoms with Crippen LogP contribution in [0.15, 0.2) is 59.6 Å². The molecule has 3 rings (SSSR count). The summed E-state index contributed by atoms with van der Waals surface area (Å²) in [7, 11) is -7.89. The van der Waals surface area contributed by atoms with Crippen molar-refractivity contribution in [3.8, 4) is 0 Å². The SMILES string of the molecule is Cc1ccnc(NS(=O)(=O)c2ccc(NC(=O)[C@@H](C)N(c3cc(Cl)ccc3Cl)S(C)(=O)=O)cc2)n1. The monoisotopic (exact) mass is 557 g/mol. The zero-order valence-electron chi connectivity index (χ0n) is 18.7. The van der Waals surface area contributed by atoms with Crippen molar-refractivity contribution < 1.29 is 21.6 Å². The van der Waals surface area contributed by atoms with Crippen LogP contribution in [0.3, 0.4) is 0 Å². The van der Waals surface area contributed by atoms with Gasteiger partial charge in [-0.3, -0.25) is 9.10 Å². The molecule has 1 heterocycles. The van der Waals surface area contributed by atoms with Gasteiger partial charge in [0.1, 0.15) is 6.04 Å². The summed E-state index contributed by atoms with van der Waals surface area (Å²) in [6, 6.07) is 9.98. The van der Waals surface area contributed by atoms with Gasteiger partial charge in [0.15, 0.2) is 0 Å². The minimum Gasteiger partial charge on any atom is -0.324 e. The maximum atomic E-state index is 12.9. The lowest BCUT2D eigenvalue weighted by Gasteiger charge is -2.29. The van der Waals surface area contributed by atoms with Gasteiger partial charge in [-0.15, -0.1) is 0 Å². The highest BCUT2D eigenvalue weighted by Crippen LogP contribution is 2.32. The summed E-state index contributed by atoms with van der Waals surface area (Å²) in [5.41, 5.74) is 0.889. The van der Waals surface area contributed by atoms with Gasteiger partial charge in [-0.25, -0.2) is 31.5 Å². The second kappa shape index (κ2) is 10.4. The Hall–Kier alpha value is -2.93. The first-order valence-electron chi connectivity index (χ1n) is 9.96. The molecule has 14 heteroatoms. The van der Waals surface area contributed by atoms with Crippen LogP contribution in [0, 0.1) is 6.92 Å². The molecule has 0 aliphatic carbocycles. The lowest BCUT2D eigenvalue weighted by Crippen LogP contribution is -2.45. The molecule has 35 heavy (non-hydrogen) atoms. The summed E-state index contributed by atoms with van der Waals surface area (Å²) < 4.78 is 53.3. The van der Waals surface area contributed by atoms with Crippen molar-refractivity contribution in [2.75, 3.05) is 20.6 Å². The Morgan fingerprint density at radius 3 is 2.29 bits per heavy atom. The molecule has 0 spiro atoms. The molecular weight excluding hydrogens is 537 g/mol. The lowest BCUT2D eigenvalue weighted by atomic mass is 10.2. The van der Waals surface area contributed by atoms with Crippen LogP contribution >= 0.6 is 23.2 Å². The van der Waals surface area contributed by atoms with Gasteiger partial charge in [-0.1, -0.05) is 23.2 Å². The van der Waals surface area contributed by atoms with E-state index >= 15 is 0 Å². The summed E-state index contributed by atoms with van der Waals surface area (Å²) in [4.78, 5) is 20.7. The maximum Gasteiger partial charge on any atom is 0.264 e. The Labute approximate surface area is 213 Å². The summed E-state index contributed by atoms with van der Waals surface area (Å²) in [6.07, 6.45) is 2.37. The third-order valence-corrected chi connectivity index (χ3v) is 7.81. The fourth-order valence-electron chi connectivity index (χ4n) is 3.08. The number of rotatable bonds is 8. The van der Waals surface area contributed by atoms with Crippen LogP contribution in [0.25, 0.3) is 0 Å². The number of nitrogens with zero attached hydrogens (tertiary/aromatic N) is 3. The average Bonchev–Trinajstić information content (AvgIpc) is 2.75. The van der Waals surface area contributed by atoms with E-state index in [1.165, 1.54) is 55.6 Å². The first-order chi connectivity index (χ1) is 16.3. The van der Waals surface area contributed by atoms with Gasteiger partial charge in [-0.2, -0.15) is 0 Å². The van der Waals surface area contributed by atoms with Crippen LogP contribution in [-0.2, 0) is 24.8 Å². The van der Waals surface area contributed by atoms with E-state index in [1.807, 2.05) is 0 Å². The second-order valence-electron chi connectivity index (χ2n) is 7.47. The number of halogens is 2. The number of sulfonamides is 2. The van der Waals surface area contributed by atoms with Crippen LogP contribution < -0.4 is 14.3 Å². The molecule has 1 aromatic heterocycles. The largest absolute Gasteiger partial charge is 0.324 e. The van der Waals surface area contributed by atoms with Crippen LogP contribution in [0.1, 0.15) is 12.6 Å². The molecule has 1 atom stereocenters. The van der Waals surface area contributed by atoms with Gasteiger partial charge >= 0.3 is 0 Å². The Morgan fingerprint density at radius 1 is 1.03 bits per heavy atom. The van der Waals surface area contributed by atoms with Crippen molar-refractivity contribution in [2.24, 2.45) is 0 Å². The number of amides is 1. The molecule has 1 amide bonds. The van der Waals surface area contributed by atoms with Crippen LogP contribution in [0.5, 0.6) is 0 Å². The van der Waals surface area contributed by atoms with Gasteiger partial charge < -0.3 is 5.32 Å². The van der Waals surface area contributed by atoms with Gasteiger partial charge in [0.25, 0.3) is 10.0 Å². The number of benzene rings is 2. The van der Waals surface area contributed by atoms with Gasteiger partial charge in [0.05, 0.1) is 21.9 Å². The Balaban J connectivity index is 1.79. The first-order valence-corrected chi connectivity index (χ1v) is 14.0. The minimum absolute atomic E-state index is 0.0511. The zero-order chi connectivity index (χ0) is 26.0. The highest BCUT2D eigenvalue weighted by Gasteiger charge is 2.31. The highest BCUT2D eigenvalue weighted by molar-refractivity contribution is 7.92. The van der Waals surface area contributed by atoms with Gasteiger partial charge in [0, 0.05) is 22.6 Å². The lowest BCUT2D eigenvalue weighted by molar-refractivity contribution is -0.116. The van der Waals surface area contributed by atoms with Crippen molar-refractivity contribution in [1.82, 2.24) is 9.97 Å². The third-order valence-electron chi connectivity index (χ3n) is 4.69. The molecule has 0 aliphatic rings. The number of carbonyl (C=O) groups excluding carboxylic acids is 1. The standard InChI is InChI=1S/C21H21Cl2N5O5S2/c1-13-10-11-24-21(25-13)27-35(32,33)17-7-5-16(6-8-17)26-20(29)14(2)28(34(3,30)31)19-12-15(22)4-9-18(19)23/h4-12,14H,1-3H3,(H,26,29)(H,24,25,27)/t14-/m1/s1. The zero-order valence-corrected chi connectivity index (χ0v) is 21.9. The topological polar surface area (TPSA) is 138 Å². The smallest absolute Gasteiger partial charge is 0.264 e. The second-order valence-corrected chi connectivity index (χ2v) is 11.9. The van der Waals surface area contributed by atoms with E-state index in [0.29, 0.717) is 5.69 Å². The first kappa shape index (κ1) is 26.7. The summed E-state index contributed by atoms with van der Waals surface area (Å²) in [5, 5.41) is 2.91. The Kier molecular flexibility index (Phi) is 7.90. The molecule has 0 unspecified atom stereocenters. The number of anilines is 3. The highest BCUT2D eigenvalue weighted by atomic mass is 35.5. The van der Waals surface area contributed by atoms with Crippen LogP contribution in [-0.4, -0.2) is 45.0 Å². The molecule has 0 aliphatic heterocycles. The van der Waals surface area contributed by atoms with E-state index in [4.69, 9.17) is 23.2 Å². The molecule has 0 radical (unpaired) electrons. The predicted octanol–water partition coefficient (Wildman–Crippen LogP) is 3.69. The fourth-order valence-corrected chi connectivity index (χ4v) is 5.63. The van der Waals surface area contributed by atoms with Crippen LogP contribution in [0.2, 0.25) is 10.0 Å². The number of aromatic nitrogens is 2. The van der Waals surface area contributed by atoms with Gasteiger partial charge in [-0.05, 0) is 62.4 Å². The van der Waals surface area contributed by atoms with E-state index in [2.05, 4.69) is 20.0 Å². The number of carbonyl (C=O) groups is 1. The molecule has 0 saturated carbocycles.